The Labute approximate surface area is 166 Å². The number of likely N-dealkylation sites (tertiary alicyclic amines) is 2. The molecule has 2 aromatic rings. The fourth-order valence-electron chi connectivity index (χ4n) is 4.76. The summed E-state index contributed by atoms with van der Waals surface area (Å²) in [5.74, 6) is 0.614. The Kier molecular flexibility index (Phi) is 5.35. The van der Waals surface area contributed by atoms with E-state index in [2.05, 4.69) is 21.0 Å². The van der Waals surface area contributed by atoms with E-state index in [4.69, 9.17) is 4.74 Å². The molecule has 0 saturated carbocycles. The summed E-state index contributed by atoms with van der Waals surface area (Å²) in [5.41, 5.74) is 2.08. The number of hydrogen-bond donors (Lipinski definition) is 0. The predicted octanol–water partition coefficient (Wildman–Crippen LogP) is 2.34. The fraction of sp³-hybridized carbons (Fsp3) is 0.571. The van der Waals surface area contributed by atoms with Crippen molar-refractivity contribution >= 4 is 5.91 Å². The number of piperidine rings is 2. The van der Waals surface area contributed by atoms with Crippen molar-refractivity contribution in [3.05, 3.63) is 41.9 Å². The first-order valence-corrected chi connectivity index (χ1v) is 10.1. The largest absolute Gasteiger partial charge is 0.481 e. The summed E-state index contributed by atoms with van der Waals surface area (Å²) in [6.45, 7) is 4.74. The molecule has 1 atom stereocenters. The summed E-state index contributed by atoms with van der Waals surface area (Å²) in [6, 6.07) is 5.66. The van der Waals surface area contributed by atoms with Crippen LogP contribution >= 0.6 is 0 Å². The third-order valence-electron chi connectivity index (χ3n) is 6.19. The Balaban J connectivity index is 1.44. The van der Waals surface area contributed by atoms with E-state index in [1.807, 2.05) is 28.9 Å². The molecule has 2 aromatic heterocycles. The number of nitrogens with zero attached hydrogens (tertiary/aromatic N) is 5. The summed E-state index contributed by atoms with van der Waals surface area (Å²) in [5, 5.41) is 4.29. The monoisotopic (exact) mass is 383 g/mol. The Morgan fingerprint density at radius 2 is 2.00 bits per heavy atom. The molecule has 2 fully saturated rings. The maximum Gasteiger partial charge on any atom is 0.255 e. The van der Waals surface area contributed by atoms with Gasteiger partial charge in [-0.25, -0.2) is 4.98 Å². The van der Waals surface area contributed by atoms with Crippen LogP contribution in [0, 0.1) is 5.41 Å². The second-order valence-corrected chi connectivity index (χ2v) is 8.18. The Bertz CT molecular complexity index is 814. The van der Waals surface area contributed by atoms with Gasteiger partial charge >= 0.3 is 0 Å². The molecule has 0 aliphatic carbocycles. The van der Waals surface area contributed by atoms with Gasteiger partial charge in [0, 0.05) is 57.1 Å². The van der Waals surface area contributed by atoms with E-state index in [1.165, 1.54) is 25.0 Å². The highest BCUT2D eigenvalue weighted by molar-refractivity contribution is 5.94. The number of hydrogen-bond acceptors (Lipinski definition) is 5. The van der Waals surface area contributed by atoms with Crippen LogP contribution in [-0.4, -0.2) is 63.8 Å². The lowest BCUT2D eigenvalue weighted by molar-refractivity contribution is 0.0107. The van der Waals surface area contributed by atoms with Gasteiger partial charge in [0.2, 0.25) is 5.88 Å². The van der Waals surface area contributed by atoms with Crippen LogP contribution in [0.15, 0.2) is 30.6 Å². The Hall–Kier alpha value is -2.41. The zero-order valence-electron chi connectivity index (χ0n) is 16.8. The highest BCUT2D eigenvalue weighted by Crippen LogP contribution is 2.39. The molecule has 1 unspecified atom stereocenters. The number of methoxy groups -OCH3 is 1. The third-order valence-corrected chi connectivity index (χ3v) is 6.19. The van der Waals surface area contributed by atoms with Crippen molar-refractivity contribution in [2.45, 2.75) is 32.2 Å². The molecule has 7 nitrogen and oxygen atoms in total. The van der Waals surface area contributed by atoms with Crippen LogP contribution in [0.5, 0.6) is 5.88 Å². The standard InChI is InChI=1S/C21H29N5O2/c1-24-18(7-10-23-24)14-25-11-3-8-21(15-25)9-4-12-26(16-21)20(27)17-5-6-19(28-2)22-13-17/h5-7,10,13H,3-4,8-9,11-12,14-16H2,1-2H3. The maximum absolute atomic E-state index is 13.0. The number of carbonyl (C=O) groups excluding carboxylic acids is 1. The summed E-state index contributed by atoms with van der Waals surface area (Å²) in [4.78, 5) is 21.8. The molecule has 7 heteroatoms. The van der Waals surface area contributed by atoms with Crippen molar-refractivity contribution in [3.63, 3.8) is 0 Å². The van der Waals surface area contributed by atoms with Crippen molar-refractivity contribution in [3.8, 4) is 5.88 Å². The first-order valence-electron chi connectivity index (χ1n) is 10.1. The SMILES string of the molecule is COc1ccc(C(=O)N2CCCC3(CCCN(Cc4ccnn4C)C3)C2)cn1. The lowest BCUT2D eigenvalue weighted by atomic mass is 9.73. The molecule has 4 heterocycles. The van der Waals surface area contributed by atoms with Crippen LogP contribution < -0.4 is 4.74 Å². The van der Waals surface area contributed by atoms with E-state index in [-0.39, 0.29) is 11.3 Å². The molecule has 1 spiro atoms. The second-order valence-electron chi connectivity index (χ2n) is 8.18. The second kappa shape index (κ2) is 7.91. The maximum atomic E-state index is 13.0. The van der Waals surface area contributed by atoms with Gasteiger partial charge in [-0.05, 0) is 44.4 Å². The molecule has 150 valence electrons. The van der Waals surface area contributed by atoms with Gasteiger partial charge in [-0.15, -0.1) is 0 Å². The van der Waals surface area contributed by atoms with Gasteiger partial charge in [0.1, 0.15) is 0 Å². The minimum absolute atomic E-state index is 0.0815. The number of aryl methyl sites for hydroxylation is 1. The van der Waals surface area contributed by atoms with Gasteiger partial charge < -0.3 is 9.64 Å². The van der Waals surface area contributed by atoms with E-state index in [0.717, 1.165) is 39.1 Å². The average molecular weight is 383 g/mol. The molecule has 4 rings (SSSR count). The number of aromatic nitrogens is 3. The number of ether oxygens (including phenoxy) is 1. The Morgan fingerprint density at radius 1 is 1.18 bits per heavy atom. The third kappa shape index (κ3) is 3.90. The van der Waals surface area contributed by atoms with Crippen molar-refractivity contribution in [2.75, 3.05) is 33.3 Å². The molecule has 0 radical (unpaired) electrons. The molecule has 0 bridgehead atoms. The summed E-state index contributed by atoms with van der Waals surface area (Å²) < 4.78 is 7.05. The summed E-state index contributed by atoms with van der Waals surface area (Å²) >= 11 is 0. The lowest BCUT2D eigenvalue weighted by Crippen LogP contribution is -2.53. The van der Waals surface area contributed by atoms with E-state index < -0.39 is 0 Å². The van der Waals surface area contributed by atoms with Gasteiger partial charge in [0.15, 0.2) is 0 Å². The molecule has 0 aromatic carbocycles. The highest BCUT2D eigenvalue weighted by atomic mass is 16.5. The zero-order valence-corrected chi connectivity index (χ0v) is 16.8. The molecular weight excluding hydrogens is 354 g/mol. The average Bonchev–Trinajstić information content (AvgIpc) is 3.12. The minimum atomic E-state index is 0.0815. The van der Waals surface area contributed by atoms with Gasteiger partial charge in [-0.3, -0.25) is 14.4 Å². The van der Waals surface area contributed by atoms with Crippen LogP contribution in [0.2, 0.25) is 0 Å². The number of carbonyl (C=O) groups is 1. The van der Waals surface area contributed by atoms with Gasteiger partial charge in [-0.2, -0.15) is 5.10 Å². The fourth-order valence-corrected chi connectivity index (χ4v) is 4.76. The molecular formula is C21H29N5O2. The van der Waals surface area contributed by atoms with Crippen molar-refractivity contribution < 1.29 is 9.53 Å². The van der Waals surface area contributed by atoms with Crippen molar-refractivity contribution in [2.24, 2.45) is 12.5 Å². The van der Waals surface area contributed by atoms with Crippen LogP contribution in [-0.2, 0) is 13.6 Å². The number of rotatable bonds is 4. The van der Waals surface area contributed by atoms with Gasteiger partial charge in [-0.1, -0.05) is 0 Å². The molecule has 28 heavy (non-hydrogen) atoms. The first-order chi connectivity index (χ1) is 13.6. The van der Waals surface area contributed by atoms with Crippen LogP contribution in [0.1, 0.15) is 41.7 Å². The van der Waals surface area contributed by atoms with Crippen LogP contribution in [0.25, 0.3) is 0 Å². The summed E-state index contributed by atoms with van der Waals surface area (Å²) in [7, 11) is 3.58. The number of pyridine rings is 1. The van der Waals surface area contributed by atoms with Crippen molar-refractivity contribution in [1.29, 1.82) is 0 Å². The quantitative estimate of drug-likeness (QED) is 0.811. The minimum Gasteiger partial charge on any atom is -0.481 e. The molecule has 2 saturated heterocycles. The molecule has 0 N–H and O–H groups in total. The first kappa shape index (κ1) is 18.9. The summed E-state index contributed by atoms with van der Waals surface area (Å²) in [6.07, 6.45) is 8.12. The molecule has 1 amide bonds. The Morgan fingerprint density at radius 3 is 2.68 bits per heavy atom. The topological polar surface area (TPSA) is 63.5 Å². The number of amides is 1. The van der Waals surface area contributed by atoms with Gasteiger partial charge in [0.05, 0.1) is 18.4 Å². The lowest BCUT2D eigenvalue weighted by Gasteiger charge is -2.48. The van der Waals surface area contributed by atoms with E-state index in [1.54, 1.807) is 19.4 Å². The smallest absolute Gasteiger partial charge is 0.255 e. The van der Waals surface area contributed by atoms with E-state index in [9.17, 15) is 4.79 Å². The normalized spacial score (nSPS) is 23.1. The van der Waals surface area contributed by atoms with Crippen molar-refractivity contribution in [1.82, 2.24) is 24.6 Å². The van der Waals surface area contributed by atoms with E-state index >= 15 is 0 Å². The van der Waals surface area contributed by atoms with Crippen LogP contribution in [0.3, 0.4) is 0 Å². The van der Waals surface area contributed by atoms with Gasteiger partial charge in [0.25, 0.3) is 5.91 Å². The molecule has 2 aliphatic rings. The van der Waals surface area contributed by atoms with Crippen LogP contribution in [0.4, 0.5) is 0 Å². The predicted molar refractivity (Wildman–Crippen MR) is 106 cm³/mol. The highest BCUT2D eigenvalue weighted by Gasteiger charge is 2.40. The van der Waals surface area contributed by atoms with E-state index in [0.29, 0.717) is 11.4 Å². The molecule has 2 aliphatic heterocycles. The zero-order chi connectivity index (χ0) is 19.6.